The van der Waals surface area contributed by atoms with Gasteiger partial charge in [0, 0.05) is 5.02 Å². The highest BCUT2D eigenvalue weighted by Gasteiger charge is 2.23. The normalized spacial score (nSPS) is 20.5. The van der Waals surface area contributed by atoms with Crippen LogP contribution in [0.25, 0.3) is 0 Å². The van der Waals surface area contributed by atoms with Crippen LogP contribution in [0.2, 0.25) is 5.02 Å². The molecule has 2 aromatic rings. The number of halogens is 1. The third-order valence-corrected chi connectivity index (χ3v) is 5.06. The Labute approximate surface area is 153 Å². The number of hydrogen-bond acceptors (Lipinski definition) is 4. The molecule has 5 nitrogen and oxygen atoms in total. The number of nitrogens with one attached hydrogen (secondary N) is 1. The highest BCUT2D eigenvalue weighted by Crippen LogP contribution is 2.25. The first-order chi connectivity index (χ1) is 11.8. The quantitative estimate of drug-likeness (QED) is 0.692. The Balaban J connectivity index is 0.000000186. The van der Waals surface area contributed by atoms with Gasteiger partial charge in [0.15, 0.2) is 0 Å². The predicted octanol–water partition coefficient (Wildman–Crippen LogP) is 3.37. The van der Waals surface area contributed by atoms with Crippen LogP contribution in [0.1, 0.15) is 30.0 Å². The van der Waals surface area contributed by atoms with Gasteiger partial charge in [0.05, 0.1) is 17.0 Å². The van der Waals surface area contributed by atoms with E-state index in [1.54, 1.807) is 12.1 Å². The van der Waals surface area contributed by atoms with Crippen molar-refractivity contribution in [2.75, 3.05) is 6.54 Å². The second-order valence-electron chi connectivity index (χ2n) is 5.98. The maximum Gasteiger partial charge on any atom is 0.294 e. The van der Waals surface area contributed by atoms with Crippen molar-refractivity contribution in [3.8, 4) is 0 Å². The SMILES string of the molecule is Cc1ccc(S(=O)(=O)O)cc1.OC1CCCNC1c1cccc(Cl)c1. The van der Waals surface area contributed by atoms with E-state index >= 15 is 0 Å². The molecule has 3 rings (SSSR count). The van der Waals surface area contributed by atoms with Gasteiger partial charge in [-0.25, -0.2) is 0 Å². The van der Waals surface area contributed by atoms with Gasteiger partial charge in [-0.05, 0) is 56.1 Å². The summed E-state index contributed by atoms with van der Waals surface area (Å²) in [4.78, 5) is -0.0666. The van der Waals surface area contributed by atoms with Gasteiger partial charge in [-0.15, -0.1) is 0 Å². The van der Waals surface area contributed by atoms with Crippen molar-refractivity contribution < 1.29 is 18.1 Å². The second kappa shape index (κ2) is 8.78. The monoisotopic (exact) mass is 383 g/mol. The lowest BCUT2D eigenvalue weighted by Crippen LogP contribution is -2.37. The molecule has 0 saturated carbocycles. The smallest absolute Gasteiger partial charge is 0.294 e. The molecule has 1 aliphatic heterocycles. The third kappa shape index (κ3) is 6.09. The van der Waals surface area contributed by atoms with Crippen LogP contribution in [-0.4, -0.2) is 30.7 Å². The standard InChI is InChI=1S/C11H14ClNO.C7H8O3S/c12-9-4-1-3-8(7-9)11-10(14)5-2-6-13-11;1-6-2-4-7(5-3-6)11(8,9)10/h1,3-4,7,10-11,13-14H,2,5-6H2;2-5H,1H3,(H,8,9,10). The Hall–Kier alpha value is -1.44. The van der Waals surface area contributed by atoms with Gasteiger partial charge in [0.25, 0.3) is 10.1 Å². The van der Waals surface area contributed by atoms with Crippen molar-refractivity contribution in [2.24, 2.45) is 0 Å². The maximum atomic E-state index is 10.5. The average Bonchev–Trinajstić information content (AvgIpc) is 2.55. The van der Waals surface area contributed by atoms with Crippen LogP contribution < -0.4 is 5.32 Å². The molecule has 0 amide bonds. The summed E-state index contributed by atoms with van der Waals surface area (Å²) in [7, 11) is -4.02. The molecule has 0 bridgehead atoms. The highest BCUT2D eigenvalue weighted by atomic mass is 35.5. The zero-order valence-corrected chi connectivity index (χ0v) is 15.5. The Morgan fingerprint density at radius 1 is 1.16 bits per heavy atom. The number of aryl methyl sites for hydroxylation is 1. The first-order valence-electron chi connectivity index (χ1n) is 7.98. The Morgan fingerprint density at radius 2 is 1.84 bits per heavy atom. The summed E-state index contributed by atoms with van der Waals surface area (Å²) in [5.41, 5.74) is 2.03. The van der Waals surface area contributed by atoms with E-state index in [-0.39, 0.29) is 17.0 Å². The molecular formula is C18H22ClNO4S. The molecule has 1 aliphatic rings. The van der Waals surface area contributed by atoms with Gasteiger partial charge in [0.2, 0.25) is 0 Å². The molecule has 2 unspecified atom stereocenters. The molecule has 0 radical (unpaired) electrons. The van der Waals surface area contributed by atoms with E-state index in [0.29, 0.717) is 0 Å². The molecule has 7 heteroatoms. The minimum atomic E-state index is -4.02. The molecule has 1 fully saturated rings. The summed E-state index contributed by atoms with van der Waals surface area (Å²) in [5.74, 6) is 0. The number of benzene rings is 2. The molecule has 2 atom stereocenters. The Morgan fingerprint density at radius 3 is 2.40 bits per heavy atom. The summed E-state index contributed by atoms with van der Waals surface area (Å²) in [6, 6.07) is 13.7. The second-order valence-corrected chi connectivity index (χ2v) is 7.84. The number of aliphatic hydroxyl groups is 1. The van der Waals surface area contributed by atoms with Crippen LogP contribution in [0, 0.1) is 6.92 Å². The van der Waals surface area contributed by atoms with Gasteiger partial charge >= 0.3 is 0 Å². The van der Waals surface area contributed by atoms with E-state index in [1.807, 2.05) is 31.2 Å². The molecular weight excluding hydrogens is 362 g/mol. The van der Waals surface area contributed by atoms with Crippen molar-refractivity contribution in [3.05, 3.63) is 64.7 Å². The lowest BCUT2D eigenvalue weighted by atomic mass is 9.95. The molecule has 136 valence electrons. The van der Waals surface area contributed by atoms with Crippen molar-refractivity contribution >= 4 is 21.7 Å². The topological polar surface area (TPSA) is 86.6 Å². The minimum Gasteiger partial charge on any atom is -0.391 e. The van der Waals surface area contributed by atoms with Crippen LogP contribution in [0.4, 0.5) is 0 Å². The Bertz CT molecular complexity index is 793. The fourth-order valence-corrected chi connectivity index (χ4v) is 3.30. The van der Waals surface area contributed by atoms with Gasteiger partial charge in [-0.3, -0.25) is 4.55 Å². The van der Waals surface area contributed by atoms with Gasteiger partial charge < -0.3 is 10.4 Å². The van der Waals surface area contributed by atoms with Crippen molar-refractivity contribution in [1.29, 1.82) is 0 Å². The van der Waals surface area contributed by atoms with E-state index in [2.05, 4.69) is 5.32 Å². The third-order valence-electron chi connectivity index (χ3n) is 3.95. The molecule has 0 spiro atoms. The largest absolute Gasteiger partial charge is 0.391 e. The first kappa shape index (κ1) is 19.9. The van der Waals surface area contributed by atoms with E-state index in [4.69, 9.17) is 16.2 Å². The van der Waals surface area contributed by atoms with E-state index in [0.717, 1.165) is 35.5 Å². The van der Waals surface area contributed by atoms with Crippen LogP contribution in [-0.2, 0) is 10.1 Å². The fraction of sp³-hybridized carbons (Fsp3) is 0.333. The van der Waals surface area contributed by atoms with Crippen LogP contribution in [0.15, 0.2) is 53.4 Å². The number of hydrogen-bond donors (Lipinski definition) is 3. The average molecular weight is 384 g/mol. The van der Waals surface area contributed by atoms with Crippen LogP contribution in [0.5, 0.6) is 0 Å². The number of aliphatic hydroxyl groups excluding tert-OH is 1. The molecule has 3 N–H and O–H groups in total. The summed E-state index contributed by atoms with van der Waals surface area (Å²) < 4.78 is 29.6. The molecule has 0 aliphatic carbocycles. The van der Waals surface area contributed by atoms with Crippen LogP contribution >= 0.6 is 11.6 Å². The lowest BCUT2D eigenvalue weighted by molar-refractivity contribution is 0.0965. The van der Waals surface area contributed by atoms with E-state index in [9.17, 15) is 13.5 Å². The maximum absolute atomic E-state index is 10.5. The summed E-state index contributed by atoms with van der Waals surface area (Å²) in [6.45, 7) is 2.81. The molecule has 1 heterocycles. The van der Waals surface area contributed by atoms with Crippen LogP contribution in [0.3, 0.4) is 0 Å². The lowest BCUT2D eigenvalue weighted by Gasteiger charge is -2.29. The molecule has 0 aromatic heterocycles. The zero-order chi connectivity index (χ0) is 18.4. The van der Waals surface area contributed by atoms with Gasteiger partial charge in [-0.2, -0.15) is 8.42 Å². The first-order valence-corrected chi connectivity index (χ1v) is 9.80. The van der Waals surface area contributed by atoms with Gasteiger partial charge in [0.1, 0.15) is 0 Å². The zero-order valence-electron chi connectivity index (χ0n) is 13.9. The van der Waals surface area contributed by atoms with Crippen molar-refractivity contribution in [1.82, 2.24) is 5.32 Å². The van der Waals surface area contributed by atoms with Gasteiger partial charge in [-0.1, -0.05) is 41.4 Å². The molecule has 1 saturated heterocycles. The predicted molar refractivity (Wildman–Crippen MR) is 98.4 cm³/mol. The number of rotatable bonds is 2. The van der Waals surface area contributed by atoms with Crippen molar-refractivity contribution in [2.45, 2.75) is 36.8 Å². The molecule has 2 aromatic carbocycles. The van der Waals surface area contributed by atoms with E-state index < -0.39 is 10.1 Å². The molecule has 25 heavy (non-hydrogen) atoms. The summed E-state index contributed by atoms with van der Waals surface area (Å²) in [6.07, 6.45) is 1.62. The number of piperidine rings is 1. The summed E-state index contributed by atoms with van der Waals surface area (Å²) in [5, 5.41) is 13.8. The summed E-state index contributed by atoms with van der Waals surface area (Å²) >= 11 is 5.90. The minimum absolute atomic E-state index is 0.0439. The highest BCUT2D eigenvalue weighted by molar-refractivity contribution is 7.85. The Kier molecular flexibility index (Phi) is 6.98. The van der Waals surface area contributed by atoms with E-state index in [1.165, 1.54) is 12.1 Å². The van der Waals surface area contributed by atoms with Crippen molar-refractivity contribution in [3.63, 3.8) is 0 Å². The fourth-order valence-electron chi connectivity index (χ4n) is 2.62.